The summed E-state index contributed by atoms with van der Waals surface area (Å²) < 4.78 is 1.65. The molecule has 2 N–H and O–H groups in total. The molecule has 136 valence electrons. The van der Waals surface area contributed by atoms with Gasteiger partial charge in [0.2, 0.25) is 0 Å². The molecule has 5 nitrogen and oxygen atoms in total. The summed E-state index contributed by atoms with van der Waals surface area (Å²) in [5.41, 5.74) is 0.956. The lowest BCUT2D eigenvalue weighted by Gasteiger charge is -2.20. The Morgan fingerprint density at radius 1 is 0.857 bits per heavy atom. The Balaban J connectivity index is 1.65. The summed E-state index contributed by atoms with van der Waals surface area (Å²) in [7, 11) is 0. The quantitative estimate of drug-likeness (QED) is 0.416. The van der Waals surface area contributed by atoms with Crippen molar-refractivity contribution >= 4 is 44.9 Å². The van der Waals surface area contributed by atoms with Crippen molar-refractivity contribution in [3.05, 3.63) is 76.9 Å². The van der Waals surface area contributed by atoms with Crippen molar-refractivity contribution in [1.29, 1.82) is 0 Å². The van der Waals surface area contributed by atoms with Gasteiger partial charge in [-0.1, -0.05) is 48.2 Å². The molecule has 5 rings (SSSR count). The lowest BCUT2D eigenvalue weighted by Crippen LogP contribution is -2.21. The first-order valence-electron chi connectivity index (χ1n) is 8.35. The molecule has 0 saturated heterocycles. The average molecular weight is 405 g/mol. The van der Waals surface area contributed by atoms with Gasteiger partial charge >= 0.3 is 0 Å². The summed E-state index contributed by atoms with van der Waals surface area (Å²) in [6.45, 7) is 0. The maximum absolute atomic E-state index is 12.9. The molecule has 0 saturated carbocycles. The van der Waals surface area contributed by atoms with Crippen LogP contribution in [0.5, 0.6) is 11.5 Å². The van der Waals surface area contributed by atoms with E-state index in [0.717, 1.165) is 22.0 Å². The van der Waals surface area contributed by atoms with Gasteiger partial charge in [0, 0.05) is 11.1 Å². The number of phenolic OH excluding ortho intramolecular Hbond substituents is 2. The van der Waals surface area contributed by atoms with E-state index in [2.05, 4.69) is 4.98 Å². The number of nitrogens with zero attached hydrogens (tertiary/aromatic N) is 1. The van der Waals surface area contributed by atoms with Gasteiger partial charge in [-0.2, -0.15) is 0 Å². The first-order valence-corrected chi connectivity index (χ1v) is 9.98. The first-order chi connectivity index (χ1) is 13.5. The molecular formula is C21H11NO4S2. The SMILES string of the molecule is O=C1c2ccccc2C(=O)c2c(O)c(Sc3nc4ccccc4s3)cc(O)c21. The highest BCUT2D eigenvalue weighted by Gasteiger charge is 2.35. The van der Waals surface area contributed by atoms with Crippen molar-refractivity contribution in [2.75, 3.05) is 0 Å². The van der Waals surface area contributed by atoms with Gasteiger partial charge in [0.05, 0.1) is 26.2 Å². The van der Waals surface area contributed by atoms with E-state index < -0.39 is 11.6 Å². The molecule has 4 aromatic rings. The van der Waals surface area contributed by atoms with Crippen LogP contribution in [0, 0.1) is 0 Å². The fourth-order valence-electron chi connectivity index (χ4n) is 3.30. The van der Waals surface area contributed by atoms with E-state index in [4.69, 9.17) is 0 Å². The predicted molar refractivity (Wildman–Crippen MR) is 107 cm³/mol. The molecule has 1 aliphatic rings. The number of rotatable bonds is 2. The molecule has 0 spiro atoms. The summed E-state index contributed by atoms with van der Waals surface area (Å²) in [6.07, 6.45) is 0. The Kier molecular flexibility index (Phi) is 3.75. The number of thiazole rings is 1. The summed E-state index contributed by atoms with van der Waals surface area (Å²) in [5.74, 6) is -1.60. The third kappa shape index (κ3) is 2.44. The standard InChI is InChI=1S/C21H11NO4S2/c23-13-9-15(28-21-22-12-7-3-4-8-14(12)27-21)20(26)17-16(13)18(24)10-5-1-2-6-11(10)19(17)25/h1-9,23,26H. The van der Waals surface area contributed by atoms with Crippen LogP contribution in [0.25, 0.3) is 10.2 Å². The van der Waals surface area contributed by atoms with Crippen LogP contribution in [0.4, 0.5) is 0 Å². The van der Waals surface area contributed by atoms with E-state index in [1.165, 1.54) is 17.4 Å². The highest BCUT2D eigenvalue weighted by Crippen LogP contribution is 2.46. The van der Waals surface area contributed by atoms with Crippen LogP contribution in [-0.2, 0) is 0 Å². The Labute approximate surface area is 167 Å². The molecule has 0 bridgehead atoms. The number of benzene rings is 3. The number of para-hydroxylation sites is 1. The van der Waals surface area contributed by atoms with Crippen LogP contribution in [-0.4, -0.2) is 26.8 Å². The Morgan fingerprint density at radius 3 is 2.21 bits per heavy atom. The largest absolute Gasteiger partial charge is 0.507 e. The Bertz CT molecular complexity index is 1280. The van der Waals surface area contributed by atoms with E-state index in [9.17, 15) is 19.8 Å². The fourth-order valence-corrected chi connectivity index (χ4v) is 5.40. The van der Waals surface area contributed by atoms with Gasteiger partial charge in [0.25, 0.3) is 0 Å². The van der Waals surface area contributed by atoms with Crippen LogP contribution < -0.4 is 0 Å². The molecular weight excluding hydrogens is 394 g/mol. The van der Waals surface area contributed by atoms with E-state index in [1.54, 1.807) is 24.3 Å². The number of aromatic hydroxyl groups is 2. The Hall–Kier alpha value is -3.16. The highest BCUT2D eigenvalue weighted by molar-refractivity contribution is 8.01. The van der Waals surface area contributed by atoms with E-state index in [0.29, 0.717) is 4.34 Å². The van der Waals surface area contributed by atoms with Crippen molar-refractivity contribution in [3.8, 4) is 11.5 Å². The molecule has 0 amide bonds. The summed E-state index contributed by atoms with van der Waals surface area (Å²) in [5, 5.41) is 21.3. The zero-order chi connectivity index (χ0) is 19.4. The van der Waals surface area contributed by atoms with Crippen molar-refractivity contribution in [1.82, 2.24) is 4.98 Å². The second-order valence-electron chi connectivity index (χ2n) is 6.25. The summed E-state index contributed by atoms with van der Waals surface area (Å²) >= 11 is 2.59. The first kappa shape index (κ1) is 17.0. The van der Waals surface area contributed by atoms with Gasteiger partial charge in [0.1, 0.15) is 11.5 Å². The molecule has 0 atom stereocenters. The molecule has 1 aromatic heterocycles. The molecule has 7 heteroatoms. The molecule has 28 heavy (non-hydrogen) atoms. The third-order valence-electron chi connectivity index (χ3n) is 4.59. The van der Waals surface area contributed by atoms with Crippen LogP contribution in [0.1, 0.15) is 31.8 Å². The summed E-state index contributed by atoms with van der Waals surface area (Å²) in [4.78, 5) is 30.5. The molecule has 0 fully saturated rings. The van der Waals surface area contributed by atoms with Crippen molar-refractivity contribution < 1.29 is 19.8 Å². The minimum atomic E-state index is -0.482. The number of ketones is 2. The van der Waals surface area contributed by atoms with Gasteiger partial charge in [-0.25, -0.2) is 4.98 Å². The van der Waals surface area contributed by atoms with Crippen LogP contribution >= 0.6 is 23.1 Å². The fraction of sp³-hybridized carbons (Fsp3) is 0. The van der Waals surface area contributed by atoms with Crippen molar-refractivity contribution in [3.63, 3.8) is 0 Å². The van der Waals surface area contributed by atoms with Gasteiger partial charge in [-0.15, -0.1) is 11.3 Å². The molecule has 0 radical (unpaired) electrons. The van der Waals surface area contributed by atoms with Crippen molar-refractivity contribution in [2.45, 2.75) is 9.24 Å². The minimum Gasteiger partial charge on any atom is -0.507 e. The number of fused-ring (bicyclic) bond motifs is 3. The maximum atomic E-state index is 12.9. The number of aromatic nitrogens is 1. The van der Waals surface area contributed by atoms with Gasteiger partial charge < -0.3 is 10.2 Å². The minimum absolute atomic E-state index is 0.158. The van der Waals surface area contributed by atoms with Crippen LogP contribution in [0.2, 0.25) is 0 Å². The number of phenols is 2. The molecule has 1 aliphatic carbocycles. The van der Waals surface area contributed by atoms with E-state index in [1.807, 2.05) is 24.3 Å². The average Bonchev–Trinajstić information content (AvgIpc) is 3.11. The maximum Gasteiger partial charge on any atom is 0.198 e. The van der Waals surface area contributed by atoms with E-state index in [-0.39, 0.29) is 38.6 Å². The third-order valence-corrected chi connectivity index (χ3v) is 6.71. The molecule has 0 unspecified atom stereocenters. The van der Waals surface area contributed by atoms with Gasteiger partial charge in [-0.3, -0.25) is 9.59 Å². The number of hydrogen-bond acceptors (Lipinski definition) is 7. The molecule has 1 heterocycles. The zero-order valence-corrected chi connectivity index (χ0v) is 15.8. The van der Waals surface area contributed by atoms with Gasteiger partial charge in [0.15, 0.2) is 15.9 Å². The monoisotopic (exact) mass is 405 g/mol. The lowest BCUT2D eigenvalue weighted by atomic mass is 9.83. The van der Waals surface area contributed by atoms with Crippen LogP contribution in [0.15, 0.2) is 63.8 Å². The number of carbonyl (C=O) groups excluding carboxylic acids is 2. The Morgan fingerprint density at radius 2 is 1.50 bits per heavy atom. The summed E-state index contributed by atoms with van der Waals surface area (Å²) in [6, 6.07) is 15.3. The lowest BCUT2D eigenvalue weighted by molar-refractivity contribution is 0.0973. The van der Waals surface area contributed by atoms with Crippen molar-refractivity contribution in [2.24, 2.45) is 0 Å². The predicted octanol–water partition coefficient (Wildman–Crippen LogP) is 4.63. The van der Waals surface area contributed by atoms with Gasteiger partial charge in [-0.05, 0) is 18.2 Å². The topological polar surface area (TPSA) is 87.5 Å². The zero-order valence-electron chi connectivity index (χ0n) is 14.2. The number of carbonyl (C=O) groups is 2. The second-order valence-corrected chi connectivity index (χ2v) is 8.57. The second kappa shape index (κ2) is 6.19. The smallest absolute Gasteiger partial charge is 0.198 e. The number of hydrogen-bond donors (Lipinski definition) is 2. The molecule has 0 aliphatic heterocycles. The molecule has 3 aromatic carbocycles. The van der Waals surface area contributed by atoms with E-state index >= 15 is 0 Å². The highest BCUT2D eigenvalue weighted by atomic mass is 32.2. The van der Waals surface area contributed by atoms with Crippen LogP contribution in [0.3, 0.4) is 0 Å². The normalized spacial score (nSPS) is 12.9.